The van der Waals surface area contributed by atoms with Gasteiger partial charge in [0.15, 0.2) is 0 Å². The SMILES string of the molecule is [2H]C([2H])([2H])c1ccc2c(c1)c1cc(C([2H])([2H])[2H])cc3c1n2-c1cc(C)cc2c1B3c1cc(C([2H])([2H])[2H])cc3c4cc(C)ccc4n-2c13. The van der Waals surface area contributed by atoms with Gasteiger partial charge >= 0.3 is 0 Å². The highest BCUT2D eigenvalue weighted by molar-refractivity contribution is 7.00. The predicted octanol–water partition coefficient (Wildman–Crippen LogP) is 6.57. The zero-order valence-corrected chi connectivity index (χ0v) is 20.9. The molecule has 0 unspecified atom stereocenters. The lowest BCUT2D eigenvalue weighted by Gasteiger charge is -2.34. The van der Waals surface area contributed by atoms with Crippen LogP contribution in [0, 0.1) is 34.4 Å². The minimum atomic E-state index is -2.44. The van der Waals surface area contributed by atoms with Gasteiger partial charge in [-0.2, -0.15) is 0 Å². The quantitative estimate of drug-likeness (QED) is 0.211. The number of hydrogen-bond donors (Lipinski definition) is 0. The molecular weight excluding hydrogens is 459 g/mol. The molecule has 3 heteroatoms. The van der Waals surface area contributed by atoms with E-state index >= 15 is 0 Å². The van der Waals surface area contributed by atoms with Crippen molar-refractivity contribution in [1.82, 2.24) is 9.13 Å². The minimum Gasteiger partial charge on any atom is -0.310 e. The first-order valence-electron chi connectivity index (χ1n) is 17.4. The van der Waals surface area contributed by atoms with Crippen LogP contribution in [0.15, 0.2) is 72.8 Å². The van der Waals surface area contributed by atoms with Crippen LogP contribution in [0.4, 0.5) is 0 Å². The molecular formula is C35H27BN2. The molecule has 38 heavy (non-hydrogen) atoms. The van der Waals surface area contributed by atoms with E-state index in [0.717, 1.165) is 71.7 Å². The highest BCUT2D eigenvalue weighted by Crippen LogP contribution is 2.40. The van der Waals surface area contributed by atoms with Gasteiger partial charge in [0.25, 0.3) is 6.71 Å². The Morgan fingerprint density at radius 2 is 1.03 bits per heavy atom. The largest absolute Gasteiger partial charge is 0.310 e. The van der Waals surface area contributed by atoms with Crippen molar-refractivity contribution in [2.24, 2.45) is 0 Å². The van der Waals surface area contributed by atoms with E-state index in [1.165, 1.54) is 0 Å². The third kappa shape index (κ3) is 2.32. The molecule has 0 fully saturated rings. The molecule has 0 radical (unpaired) electrons. The van der Waals surface area contributed by atoms with Crippen molar-refractivity contribution in [2.45, 2.75) is 34.4 Å². The molecule has 0 atom stereocenters. The summed E-state index contributed by atoms with van der Waals surface area (Å²) >= 11 is 0. The Hall–Kier alpha value is -4.24. The van der Waals surface area contributed by atoms with Gasteiger partial charge in [0.05, 0.1) is 11.0 Å². The Labute approximate surface area is 234 Å². The molecule has 2 aliphatic heterocycles. The van der Waals surface area contributed by atoms with Gasteiger partial charge in [-0.05, 0) is 105 Å². The fourth-order valence-electron chi connectivity index (χ4n) is 7.32. The van der Waals surface area contributed by atoms with Gasteiger partial charge in [0, 0.05) is 56.3 Å². The summed E-state index contributed by atoms with van der Waals surface area (Å²) in [6, 6.07) is 22.6. The first-order chi connectivity index (χ1) is 22.0. The van der Waals surface area contributed by atoms with Crippen LogP contribution in [-0.2, 0) is 0 Å². The van der Waals surface area contributed by atoms with E-state index in [9.17, 15) is 0 Å². The summed E-state index contributed by atoms with van der Waals surface area (Å²) in [5.74, 6) is 0. The lowest BCUT2D eigenvalue weighted by atomic mass is 9.34. The third-order valence-corrected chi connectivity index (χ3v) is 8.61. The second kappa shape index (κ2) is 6.60. The maximum atomic E-state index is 8.45. The summed E-state index contributed by atoms with van der Waals surface area (Å²) in [6.07, 6.45) is 0. The van der Waals surface area contributed by atoms with Crippen LogP contribution >= 0.6 is 0 Å². The number of nitrogens with zero attached hydrogens (tertiary/aromatic N) is 2. The highest BCUT2D eigenvalue weighted by Gasteiger charge is 2.41. The van der Waals surface area contributed by atoms with Crippen molar-refractivity contribution in [3.05, 3.63) is 101 Å². The maximum Gasteiger partial charge on any atom is 0.252 e. The summed E-state index contributed by atoms with van der Waals surface area (Å²) in [4.78, 5) is 0. The number of fused-ring (bicyclic) bond motifs is 10. The second-order valence-electron chi connectivity index (χ2n) is 11.0. The fourth-order valence-corrected chi connectivity index (χ4v) is 7.32. The van der Waals surface area contributed by atoms with Gasteiger partial charge in [-0.25, -0.2) is 0 Å². The summed E-state index contributed by atoms with van der Waals surface area (Å²) < 4.78 is 79.4. The molecule has 7 aromatic rings. The maximum absolute atomic E-state index is 8.45. The molecule has 0 saturated heterocycles. The lowest BCUT2D eigenvalue weighted by Crippen LogP contribution is -2.59. The van der Waals surface area contributed by atoms with E-state index in [4.69, 9.17) is 12.3 Å². The highest BCUT2D eigenvalue weighted by atomic mass is 15.0. The van der Waals surface area contributed by atoms with E-state index < -0.39 is 27.3 Å². The Morgan fingerprint density at radius 1 is 0.526 bits per heavy atom. The van der Waals surface area contributed by atoms with Gasteiger partial charge in [0.1, 0.15) is 0 Å². The Bertz CT molecular complexity index is 2560. The van der Waals surface area contributed by atoms with Crippen molar-refractivity contribution in [2.75, 3.05) is 0 Å². The van der Waals surface area contributed by atoms with Crippen molar-refractivity contribution in [3.8, 4) is 11.4 Å². The van der Waals surface area contributed by atoms with Crippen LogP contribution in [0.1, 0.15) is 40.2 Å². The van der Waals surface area contributed by atoms with Crippen LogP contribution in [0.3, 0.4) is 0 Å². The summed E-state index contributed by atoms with van der Waals surface area (Å²) in [5, 5.41) is 3.13. The predicted molar refractivity (Wildman–Crippen MR) is 163 cm³/mol. The normalized spacial score (nSPS) is 17.8. The fraction of sp³-hybridized carbons (Fsp3) is 0.143. The van der Waals surface area contributed by atoms with E-state index in [-0.39, 0.29) is 16.7 Å². The monoisotopic (exact) mass is 495 g/mol. The van der Waals surface area contributed by atoms with Crippen LogP contribution in [0.25, 0.3) is 55.0 Å². The molecule has 2 aromatic heterocycles. The number of rotatable bonds is 0. The average molecular weight is 495 g/mol. The third-order valence-electron chi connectivity index (χ3n) is 8.61. The molecule has 0 N–H and O–H groups in total. The number of benzene rings is 5. The summed E-state index contributed by atoms with van der Waals surface area (Å²) in [5.41, 5.74) is 10.5. The first kappa shape index (κ1) is 14.1. The lowest BCUT2D eigenvalue weighted by molar-refractivity contribution is 1.13. The van der Waals surface area contributed by atoms with E-state index in [1.54, 1.807) is 36.4 Å². The number of hydrogen-bond acceptors (Lipinski definition) is 0. The molecule has 5 aromatic carbocycles. The molecule has 4 heterocycles. The first-order valence-corrected chi connectivity index (χ1v) is 12.9. The molecule has 0 saturated carbocycles. The van der Waals surface area contributed by atoms with Crippen molar-refractivity contribution in [3.63, 3.8) is 0 Å². The minimum absolute atomic E-state index is 0.153. The van der Waals surface area contributed by atoms with E-state index in [2.05, 4.69) is 46.4 Å². The topological polar surface area (TPSA) is 9.86 Å². The Morgan fingerprint density at radius 3 is 1.58 bits per heavy atom. The number of aryl methyl sites for hydroxylation is 5. The molecule has 0 bridgehead atoms. The molecule has 0 amide bonds. The van der Waals surface area contributed by atoms with Gasteiger partial charge < -0.3 is 9.13 Å². The molecule has 0 aliphatic carbocycles. The van der Waals surface area contributed by atoms with Gasteiger partial charge in [-0.15, -0.1) is 0 Å². The smallest absolute Gasteiger partial charge is 0.252 e. The zero-order chi connectivity index (χ0) is 33.1. The second-order valence-corrected chi connectivity index (χ2v) is 11.0. The van der Waals surface area contributed by atoms with Crippen molar-refractivity contribution in [1.29, 1.82) is 0 Å². The average Bonchev–Trinajstić information content (AvgIpc) is 3.48. The summed E-state index contributed by atoms with van der Waals surface area (Å²) in [7, 11) is 0. The van der Waals surface area contributed by atoms with E-state index in [0.29, 0.717) is 10.8 Å². The standard InChI is InChI=1S/C35H27BN2/c1-18-6-8-29-23(10-18)25-12-20(3)14-27-34(25)37(29)31-16-22(5)17-32-33(31)36(27)28-15-21(4)13-26-24-11-19(2)7-9-30(24)38(32)35(26)28/h6-17H,1-5H3/i1D3,3D3,4D3. The Kier molecular flexibility index (Phi) is 2.44. The van der Waals surface area contributed by atoms with Crippen LogP contribution in [-0.4, -0.2) is 15.8 Å². The Balaban J connectivity index is 1.54. The molecule has 2 aliphatic rings. The zero-order valence-electron chi connectivity index (χ0n) is 29.9. The summed E-state index contributed by atoms with van der Waals surface area (Å²) in [6.45, 7) is -3.54. The molecule has 0 spiro atoms. The molecule has 9 rings (SSSR count). The van der Waals surface area contributed by atoms with Gasteiger partial charge in [-0.3, -0.25) is 0 Å². The number of aromatic nitrogens is 2. The van der Waals surface area contributed by atoms with E-state index in [1.807, 2.05) is 13.0 Å². The van der Waals surface area contributed by atoms with Gasteiger partial charge in [0.2, 0.25) is 0 Å². The van der Waals surface area contributed by atoms with Crippen LogP contribution in [0.2, 0.25) is 0 Å². The van der Waals surface area contributed by atoms with Crippen molar-refractivity contribution < 1.29 is 12.3 Å². The van der Waals surface area contributed by atoms with Crippen LogP contribution < -0.4 is 16.4 Å². The molecule has 180 valence electrons. The molecule has 2 nitrogen and oxygen atoms in total. The van der Waals surface area contributed by atoms with Crippen LogP contribution in [0.5, 0.6) is 0 Å². The van der Waals surface area contributed by atoms with Gasteiger partial charge in [-0.1, -0.05) is 46.5 Å². The van der Waals surface area contributed by atoms with Crippen molar-refractivity contribution >= 4 is 66.7 Å².